The molecule has 0 atom stereocenters. The summed E-state index contributed by atoms with van der Waals surface area (Å²) in [6.07, 6.45) is 0. The fourth-order valence-corrected chi connectivity index (χ4v) is 2.34. The number of aromatic hydroxyl groups is 1. The summed E-state index contributed by atoms with van der Waals surface area (Å²) >= 11 is 2.16. The summed E-state index contributed by atoms with van der Waals surface area (Å²) in [6, 6.07) is 11.9. The van der Waals surface area contributed by atoms with Gasteiger partial charge in [-0.1, -0.05) is 0 Å². The Hall–Kier alpha value is -2.22. The molecule has 0 aliphatic heterocycles. The van der Waals surface area contributed by atoms with Crippen molar-refractivity contribution in [2.75, 3.05) is 7.11 Å². The van der Waals surface area contributed by atoms with E-state index in [4.69, 9.17) is 13.9 Å². The zero-order valence-corrected chi connectivity index (χ0v) is 13.7. The Balaban J connectivity index is 2.10. The van der Waals surface area contributed by atoms with Gasteiger partial charge in [-0.3, -0.25) is 0 Å². The highest BCUT2D eigenvalue weighted by molar-refractivity contribution is 14.1. The molecule has 0 saturated heterocycles. The first-order valence-corrected chi connectivity index (χ1v) is 7.43. The molecule has 0 amide bonds. The van der Waals surface area contributed by atoms with Gasteiger partial charge in [0.05, 0.1) is 12.5 Å². The second-order valence-electron chi connectivity index (χ2n) is 4.49. The van der Waals surface area contributed by atoms with Crippen molar-refractivity contribution >= 4 is 33.6 Å². The molecule has 3 aromatic rings. The average Bonchev–Trinajstić information content (AvgIpc) is 2.52. The van der Waals surface area contributed by atoms with Crippen LogP contribution in [-0.2, 0) is 0 Å². The zero-order valence-electron chi connectivity index (χ0n) is 11.5. The summed E-state index contributed by atoms with van der Waals surface area (Å²) < 4.78 is 16.8. The highest BCUT2D eigenvalue weighted by Crippen LogP contribution is 2.35. The molecule has 5 nitrogen and oxygen atoms in total. The fourth-order valence-electron chi connectivity index (χ4n) is 1.99. The molecular weight excluding hydrogens is 399 g/mol. The van der Waals surface area contributed by atoms with Gasteiger partial charge in [0.2, 0.25) is 0 Å². The van der Waals surface area contributed by atoms with Gasteiger partial charge in [-0.2, -0.15) is 0 Å². The van der Waals surface area contributed by atoms with Crippen LogP contribution < -0.4 is 15.1 Å². The van der Waals surface area contributed by atoms with Crippen molar-refractivity contribution in [3.05, 3.63) is 56.5 Å². The summed E-state index contributed by atoms with van der Waals surface area (Å²) in [5.41, 5.74) is -0.520. The second-order valence-corrected chi connectivity index (χ2v) is 5.73. The lowest BCUT2D eigenvalue weighted by Crippen LogP contribution is -2.04. The van der Waals surface area contributed by atoms with Gasteiger partial charge in [0.25, 0.3) is 5.75 Å². The van der Waals surface area contributed by atoms with Gasteiger partial charge in [-0.25, -0.2) is 4.79 Å². The van der Waals surface area contributed by atoms with Crippen molar-refractivity contribution in [2.45, 2.75) is 0 Å². The van der Waals surface area contributed by atoms with Crippen LogP contribution in [0.3, 0.4) is 0 Å². The molecule has 0 bridgehead atoms. The predicted octanol–water partition coefficient (Wildman–Crippen LogP) is 3.90. The summed E-state index contributed by atoms with van der Waals surface area (Å²) in [5.74, 6) is 0.476. The quantitative estimate of drug-likeness (QED) is 0.524. The minimum absolute atomic E-state index is 0.233. The van der Waals surface area contributed by atoms with Crippen molar-refractivity contribution in [3.8, 4) is 23.0 Å². The van der Waals surface area contributed by atoms with E-state index in [1.807, 2.05) is 12.1 Å². The van der Waals surface area contributed by atoms with Gasteiger partial charge in [0, 0.05) is 9.64 Å². The molecule has 0 fully saturated rings. The third-order valence-electron chi connectivity index (χ3n) is 3.08. The molecule has 6 heteroatoms. The van der Waals surface area contributed by atoms with E-state index in [-0.39, 0.29) is 17.1 Å². The number of ether oxygens (including phenoxy) is 2. The second kappa shape index (κ2) is 5.88. The Morgan fingerprint density at radius 1 is 1.09 bits per heavy atom. The van der Waals surface area contributed by atoms with E-state index in [0.29, 0.717) is 16.9 Å². The van der Waals surface area contributed by atoms with Gasteiger partial charge in [0.1, 0.15) is 17.1 Å². The van der Waals surface area contributed by atoms with Crippen LogP contribution in [-0.4, -0.2) is 12.2 Å². The molecule has 2 aromatic carbocycles. The first-order valence-electron chi connectivity index (χ1n) is 6.35. The first kappa shape index (κ1) is 14.7. The molecule has 0 aliphatic carbocycles. The van der Waals surface area contributed by atoms with Gasteiger partial charge >= 0.3 is 5.63 Å². The molecular formula is C16H11IO5. The molecule has 0 radical (unpaired) electrons. The average molecular weight is 410 g/mol. The first-order chi connectivity index (χ1) is 10.6. The lowest BCUT2D eigenvalue weighted by atomic mass is 10.2. The highest BCUT2D eigenvalue weighted by atomic mass is 127. The number of hydrogen-bond donors (Lipinski definition) is 1. The molecule has 0 aliphatic rings. The summed E-state index contributed by atoms with van der Waals surface area (Å²) in [5, 5.41) is 10.7. The van der Waals surface area contributed by atoms with Crippen LogP contribution in [0.25, 0.3) is 11.0 Å². The van der Waals surface area contributed by atoms with Gasteiger partial charge in [-0.05, 0) is 59.0 Å². The minimum Gasteiger partial charge on any atom is -0.504 e. The summed E-state index contributed by atoms with van der Waals surface area (Å²) in [4.78, 5) is 12.0. The summed E-state index contributed by atoms with van der Waals surface area (Å²) in [7, 11) is 1.51. The third kappa shape index (κ3) is 2.74. The number of halogens is 1. The number of methoxy groups -OCH3 is 1. The van der Waals surface area contributed by atoms with Gasteiger partial charge in [0.15, 0.2) is 5.75 Å². The Labute approximate surface area is 139 Å². The van der Waals surface area contributed by atoms with E-state index in [0.717, 1.165) is 3.57 Å². The molecule has 112 valence electrons. The fraction of sp³-hybridized carbons (Fsp3) is 0.0625. The molecule has 0 unspecified atom stereocenters. The largest absolute Gasteiger partial charge is 0.504 e. The van der Waals surface area contributed by atoms with Crippen LogP contribution in [0.4, 0.5) is 0 Å². The van der Waals surface area contributed by atoms with Crippen LogP contribution in [0.2, 0.25) is 0 Å². The third-order valence-corrected chi connectivity index (χ3v) is 3.80. The Kier molecular flexibility index (Phi) is 3.93. The van der Waals surface area contributed by atoms with E-state index in [9.17, 15) is 9.90 Å². The Morgan fingerprint density at radius 2 is 1.77 bits per heavy atom. The number of rotatable bonds is 3. The van der Waals surface area contributed by atoms with Crippen LogP contribution in [0.1, 0.15) is 0 Å². The minimum atomic E-state index is -0.753. The summed E-state index contributed by atoms with van der Waals surface area (Å²) in [6.45, 7) is 0. The van der Waals surface area contributed by atoms with Crippen LogP contribution in [0.15, 0.2) is 51.7 Å². The van der Waals surface area contributed by atoms with Crippen LogP contribution in [0.5, 0.6) is 23.0 Å². The zero-order chi connectivity index (χ0) is 15.7. The molecule has 0 spiro atoms. The molecule has 1 aromatic heterocycles. The van der Waals surface area contributed by atoms with Crippen LogP contribution >= 0.6 is 22.6 Å². The molecule has 1 N–H and O–H groups in total. The van der Waals surface area contributed by atoms with E-state index in [1.54, 1.807) is 24.3 Å². The Morgan fingerprint density at radius 3 is 2.45 bits per heavy atom. The lowest BCUT2D eigenvalue weighted by molar-refractivity contribution is 0.385. The SMILES string of the molecule is COc1ccc2c(O)c(Oc3ccc(I)cc3)c(=O)oc2c1. The smallest absolute Gasteiger partial charge is 0.383 e. The maximum atomic E-state index is 12.0. The monoisotopic (exact) mass is 410 g/mol. The normalized spacial score (nSPS) is 10.6. The number of benzene rings is 2. The standard InChI is InChI=1S/C16H11IO5/c1-20-11-6-7-12-13(8-11)22-16(19)15(14(12)18)21-10-4-2-9(17)3-5-10/h2-8,18H,1H3. The van der Waals surface area contributed by atoms with E-state index < -0.39 is 5.63 Å². The molecule has 1 heterocycles. The van der Waals surface area contributed by atoms with E-state index in [1.165, 1.54) is 13.2 Å². The van der Waals surface area contributed by atoms with Crippen LogP contribution in [0, 0.1) is 3.57 Å². The van der Waals surface area contributed by atoms with E-state index >= 15 is 0 Å². The van der Waals surface area contributed by atoms with Crippen molar-refractivity contribution in [3.63, 3.8) is 0 Å². The topological polar surface area (TPSA) is 68.9 Å². The maximum absolute atomic E-state index is 12.0. The molecule has 22 heavy (non-hydrogen) atoms. The molecule has 0 saturated carbocycles. The number of fused-ring (bicyclic) bond motifs is 1. The maximum Gasteiger partial charge on any atom is 0.383 e. The lowest BCUT2D eigenvalue weighted by Gasteiger charge is -2.09. The van der Waals surface area contributed by atoms with Gasteiger partial charge < -0.3 is 19.0 Å². The Bertz CT molecular complexity index is 883. The number of hydrogen-bond acceptors (Lipinski definition) is 5. The van der Waals surface area contributed by atoms with Gasteiger partial charge in [-0.15, -0.1) is 0 Å². The van der Waals surface area contributed by atoms with Crippen molar-refractivity contribution in [1.82, 2.24) is 0 Å². The highest BCUT2D eigenvalue weighted by Gasteiger charge is 2.16. The van der Waals surface area contributed by atoms with Crippen molar-refractivity contribution in [2.24, 2.45) is 0 Å². The van der Waals surface area contributed by atoms with Crippen molar-refractivity contribution < 1.29 is 19.0 Å². The predicted molar refractivity (Wildman–Crippen MR) is 89.9 cm³/mol. The van der Waals surface area contributed by atoms with E-state index in [2.05, 4.69) is 22.6 Å². The molecule has 3 rings (SSSR count). The van der Waals surface area contributed by atoms with Crippen molar-refractivity contribution in [1.29, 1.82) is 0 Å².